The van der Waals surface area contributed by atoms with Crippen LogP contribution in [0.15, 0.2) is 0 Å². The average molecular weight is 391 g/mol. The Bertz CT molecular complexity index is 523. The Morgan fingerprint density at radius 2 is 1.07 bits per heavy atom. The standard InChI is InChI=1S/C26H50N2/c1-10-13-16-19-24(4,5)21-22(25(6,7)20-17-14-11-2)28-23(27-21)26(8,9)18-15-12-3/h10-20H2,1-9H3,(H,27,28). The van der Waals surface area contributed by atoms with Crippen molar-refractivity contribution in [1.82, 2.24) is 9.97 Å². The van der Waals surface area contributed by atoms with Gasteiger partial charge in [0.2, 0.25) is 0 Å². The molecule has 1 aromatic rings. The van der Waals surface area contributed by atoms with Crippen LogP contribution in [0.4, 0.5) is 0 Å². The van der Waals surface area contributed by atoms with E-state index in [0.29, 0.717) is 0 Å². The van der Waals surface area contributed by atoms with E-state index < -0.39 is 0 Å². The van der Waals surface area contributed by atoms with E-state index >= 15 is 0 Å². The van der Waals surface area contributed by atoms with Crippen LogP contribution >= 0.6 is 0 Å². The molecule has 0 saturated carbocycles. The number of unbranched alkanes of at least 4 members (excludes halogenated alkanes) is 5. The summed E-state index contributed by atoms with van der Waals surface area (Å²) in [4.78, 5) is 9.21. The van der Waals surface area contributed by atoms with Gasteiger partial charge in [0.25, 0.3) is 0 Å². The van der Waals surface area contributed by atoms with Gasteiger partial charge in [0.1, 0.15) is 5.82 Å². The van der Waals surface area contributed by atoms with Crippen molar-refractivity contribution in [1.29, 1.82) is 0 Å². The van der Waals surface area contributed by atoms with Gasteiger partial charge in [-0.15, -0.1) is 0 Å². The van der Waals surface area contributed by atoms with Crippen molar-refractivity contribution in [3.8, 4) is 0 Å². The molecule has 0 fully saturated rings. The van der Waals surface area contributed by atoms with Crippen molar-refractivity contribution in [2.24, 2.45) is 0 Å². The zero-order valence-electron chi connectivity index (χ0n) is 20.7. The van der Waals surface area contributed by atoms with Gasteiger partial charge in [0, 0.05) is 21.9 Å². The molecule has 0 unspecified atom stereocenters. The molecule has 0 aliphatic carbocycles. The zero-order valence-corrected chi connectivity index (χ0v) is 20.7. The summed E-state index contributed by atoms with van der Waals surface area (Å²) in [6.07, 6.45) is 13.9. The van der Waals surface area contributed by atoms with Crippen LogP contribution in [-0.4, -0.2) is 9.97 Å². The highest BCUT2D eigenvalue weighted by atomic mass is 15.0. The van der Waals surface area contributed by atoms with E-state index in [2.05, 4.69) is 67.3 Å². The molecule has 0 radical (unpaired) electrons. The van der Waals surface area contributed by atoms with Gasteiger partial charge in [0.15, 0.2) is 0 Å². The molecule has 28 heavy (non-hydrogen) atoms. The number of aromatic amines is 1. The van der Waals surface area contributed by atoms with E-state index in [1.807, 2.05) is 0 Å². The molecule has 0 atom stereocenters. The lowest BCUT2D eigenvalue weighted by Crippen LogP contribution is -2.26. The fraction of sp³-hybridized carbons (Fsp3) is 0.885. The largest absolute Gasteiger partial charge is 0.345 e. The van der Waals surface area contributed by atoms with Gasteiger partial charge in [-0.05, 0) is 19.3 Å². The van der Waals surface area contributed by atoms with E-state index in [1.165, 1.54) is 87.8 Å². The molecule has 0 amide bonds. The number of rotatable bonds is 14. The topological polar surface area (TPSA) is 28.7 Å². The van der Waals surface area contributed by atoms with Crippen molar-refractivity contribution in [3.63, 3.8) is 0 Å². The molecule has 0 spiro atoms. The monoisotopic (exact) mass is 390 g/mol. The van der Waals surface area contributed by atoms with Gasteiger partial charge in [-0.2, -0.15) is 0 Å². The number of hydrogen-bond acceptors (Lipinski definition) is 1. The second-order valence-electron chi connectivity index (χ2n) is 11.0. The first-order valence-electron chi connectivity index (χ1n) is 12.1. The van der Waals surface area contributed by atoms with E-state index in [1.54, 1.807) is 0 Å². The summed E-state index contributed by atoms with van der Waals surface area (Å²) in [5, 5.41) is 0. The quantitative estimate of drug-likeness (QED) is 0.316. The number of nitrogens with one attached hydrogen (secondary N) is 1. The maximum Gasteiger partial charge on any atom is 0.112 e. The highest BCUT2D eigenvalue weighted by molar-refractivity contribution is 5.31. The molecular formula is C26H50N2. The number of aromatic nitrogens is 2. The summed E-state index contributed by atoms with van der Waals surface area (Å²) in [7, 11) is 0. The SMILES string of the molecule is CCCCCC(C)(C)c1nc(C(C)(C)CCCC)[nH]c1C(C)(C)CCCCC. The molecule has 2 nitrogen and oxygen atoms in total. The first kappa shape index (κ1) is 25.2. The van der Waals surface area contributed by atoms with Gasteiger partial charge in [-0.3, -0.25) is 0 Å². The third-order valence-electron chi connectivity index (χ3n) is 6.63. The summed E-state index contributed by atoms with van der Waals surface area (Å²) in [6, 6.07) is 0. The molecule has 2 heteroatoms. The normalized spacial score (nSPS) is 13.3. The molecule has 0 aliphatic heterocycles. The predicted molar refractivity (Wildman–Crippen MR) is 125 cm³/mol. The predicted octanol–water partition coefficient (Wildman–Crippen LogP) is 8.59. The summed E-state index contributed by atoms with van der Waals surface area (Å²) in [6.45, 7) is 21.3. The molecule has 0 aromatic carbocycles. The smallest absolute Gasteiger partial charge is 0.112 e. The van der Waals surface area contributed by atoms with E-state index in [4.69, 9.17) is 4.98 Å². The van der Waals surface area contributed by atoms with Crippen LogP contribution in [0.1, 0.15) is 150 Å². The summed E-state index contributed by atoms with van der Waals surface area (Å²) >= 11 is 0. The van der Waals surface area contributed by atoms with Crippen LogP contribution in [0.25, 0.3) is 0 Å². The molecule has 1 N–H and O–H groups in total. The third kappa shape index (κ3) is 6.92. The van der Waals surface area contributed by atoms with Gasteiger partial charge >= 0.3 is 0 Å². The fourth-order valence-electron chi connectivity index (χ4n) is 4.29. The van der Waals surface area contributed by atoms with Crippen LogP contribution in [0.5, 0.6) is 0 Å². The molecule has 0 bridgehead atoms. The number of H-pyrrole nitrogens is 1. The third-order valence-corrected chi connectivity index (χ3v) is 6.63. The summed E-state index contributed by atoms with van der Waals surface area (Å²) < 4.78 is 0. The lowest BCUT2D eigenvalue weighted by atomic mass is 9.75. The highest BCUT2D eigenvalue weighted by Crippen LogP contribution is 2.40. The molecule has 1 aromatic heterocycles. The maximum absolute atomic E-state index is 5.32. The van der Waals surface area contributed by atoms with Crippen LogP contribution in [-0.2, 0) is 16.2 Å². The number of imidazole rings is 1. The first-order chi connectivity index (χ1) is 13.0. The van der Waals surface area contributed by atoms with Crippen molar-refractivity contribution in [2.45, 2.75) is 149 Å². The van der Waals surface area contributed by atoms with Gasteiger partial charge in [0.05, 0.1) is 5.69 Å². The van der Waals surface area contributed by atoms with Crippen molar-refractivity contribution in [3.05, 3.63) is 17.2 Å². The summed E-state index contributed by atoms with van der Waals surface area (Å²) in [5.74, 6) is 1.21. The van der Waals surface area contributed by atoms with E-state index in [9.17, 15) is 0 Å². The molecule has 1 rings (SSSR count). The Morgan fingerprint density at radius 3 is 1.57 bits per heavy atom. The minimum Gasteiger partial charge on any atom is -0.345 e. The molecule has 1 heterocycles. The Hall–Kier alpha value is -0.790. The van der Waals surface area contributed by atoms with Gasteiger partial charge in [-0.25, -0.2) is 4.98 Å². The molecule has 0 saturated heterocycles. The lowest BCUT2D eigenvalue weighted by molar-refractivity contribution is 0.399. The lowest BCUT2D eigenvalue weighted by Gasteiger charge is -2.30. The summed E-state index contributed by atoms with van der Waals surface area (Å²) in [5.41, 5.74) is 3.14. The minimum atomic E-state index is 0.113. The zero-order chi connectivity index (χ0) is 21.4. The Morgan fingerprint density at radius 1 is 0.607 bits per heavy atom. The van der Waals surface area contributed by atoms with E-state index in [0.717, 1.165) is 0 Å². The van der Waals surface area contributed by atoms with Crippen molar-refractivity contribution >= 4 is 0 Å². The van der Waals surface area contributed by atoms with Gasteiger partial charge in [-0.1, -0.05) is 114 Å². The Balaban J connectivity index is 3.29. The van der Waals surface area contributed by atoms with Gasteiger partial charge < -0.3 is 4.98 Å². The molecule has 0 aliphatic rings. The second kappa shape index (κ2) is 10.8. The maximum atomic E-state index is 5.32. The Kier molecular flexibility index (Phi) is 9.77. The van der Waals surface area contributed by atoms with Crippen molar-refractivity contribution < 1.29 is 0 Å². The number of hydrogen-bond donors (Lipinski definition) is 1. The Labute approximate surface area is 176 Å². The second-order valence-corrected chi connectivity index (χ2v) is 11.0. The first-order valence-corrected chi connectivity index (χ1v) is 12.1. The average Bonchev–Trinajstić information content (AvgIpc) is 3.08. The highest BCUT2D eigenvalue weighted by Gasteiger charge is 2.36. The number of nitrogens with zero attached hydrogens (tertiary/aromatic N) is 1. The fourth-order valence-corrected chi connectivity index (χ4v) is 4.29. The van der Waals surface area contributed by atoms with Crippen LogP contribution in [0, 0.1) is 0 Å². The van der Waals surface area contributed by atoms with Crippen molar-refractivity contribution in [2.75, 3.05) is 0 Å². The van der Waals surface area contributed by atoms with Crippen LogP contribution in [0.3, 0.4) is 0 Å². The molecule has 164 valence electrons. The van der Waals surface area contributed by atoms with Crippen LogP contribution in [0.2, 0.25) is 0 Å². The van der Waals surface area contributed by atoms with Crippen LogP contribution < -0.4 is 0 Å². The van der Waals surface area contributed by atoms with E-state index in [-0.39, 0.29) is 16.2 Å². The molecular weight excluding hydrogens is 340 g/mol. The minimum absolute atomic E-state index is 0.113.